The van der Waals surface area contributed by atoms with Crippen molar-refractivity contribution in [3.8, 4) is 17.0 Å². The Morgan fingerprint density at radius 1 is 0.867 bits per heavy atom. The lowest BCUT2D eigenvalue weighted by molar-refractivity contribution is 0.308. The van der Waals surface area contributed by atoms with Crippen molar-refractivity contribution in [3.05, 3.63) is 82.0 Å². The highest BCUT2D eigenvalue weighted by Crippen LogP contribution is 2.33. The topological polar surface area (TPSA) is 25.4 Å². The van der Waals surface area contributed by atoms with Crippen LogP contribution in [-0.2, 0) is 25.9 Å². The molecule has 0 aliphatic heterocycles. The minimum atomic E-state index is 0.798. The van der Waals surface area contributed by atoms with E-state index in [0.717, 1.165) is 48.6 Å². The third-order valence-electron chi connectivity index (χ3n) is 5.89. The second-order valence-electron chi connectivity index (χ2n) is 8.03. The lowest BCUT2D eigenvalue weighted by Gasteiger charge is -2.22. The van der Waals surface area contributed by atoms with Gasteiger partial charge in [0.05, 0.1) is 12.8 Å². The van der Waals surface area contributed by atoms with E-state index in [-0.39, 0.29) is 0 Å². The summed E-state index contributed by atoms with van der Waals surface area (Å²) in [5.74, 6) is 0.919. The van der Waals surface area contributed by atoms with Crippen molar-refractivity contribution in [1.29, 1.82) is 0 Å². The fourth-order valence-electron chi connectivity index (χ4n) is 4.15. The molecule has 2 aromatic carbocycles. The molecule has 1 heterocycles. The molecule has 0 saturated heterocycles. The molecule has 0 spiro atoms. The second-order valence-corrected chi connectivity index (χ2v) is 8.03. The van der Waals surface area contributed by atoms with Gasteiger partial charge in [0.15, 0.2) is 0 Å². The van der Waals surface area contributed by atoms with E-state index in [9.17, 15) is 0 Å². The maximum absolute atomic E-state index is 5.84. The Balaban J connectivity index is 1.95. The minimum absolute atomic E-state index is 0.798. The molecule has 1 aromatic heterocycles. The van der Waals surface area contributed by atoms with Gasteiger partial charge >= 0.3 is 0 Å². The van der Waals surface area contributed by atoms with E-state index >= 15 is 0 Å². The van der Waals surface area contributed by atoms with E-state index in [0.29, 0.717) is 0 Å². The number of methoxy groups -OCH3 is 1. The molecule has 3 rings (SSSR count). The van der Waals surface area contributed by atoms with Crippen LogP contribution in [0.2, 0.25) is 0 Å². The molecule has 0 fully saturated rings. The molecule has 3 nitrogen and oxygen atoms in total. The first-order valence-corrected chi connectivity index (χ1v) is 10.9. The molecule has 0 atom stereocenters. The first-order valence-electron chi connectivity index (χ1n) is 10.9. The minimum Gasteiger partial charge on any atom is -0.496 e. The number of pyridine rings is 1. The SMILES string of the molecule is CCc1cccc(CC)c1-c1cc(OC)c(CN(C)Cc2ccccc2C)c(C)n1. The van der Waals surface area contributed by atoms with Gasteiger partial charge in [-0.3, -0.25) is 9.88 Å². The number of rotatable bonds is 8. The van der Waals surface area contributed by atoms with Gasteiger partial charge in [0.2, 0.25) is 0 Å². The van der Waals surface area contributed by atoms with E-state index in [2.05, 4.69) is 88.2 Å². The molecule has 0 radical (unpaired) electrons. The zero-order valence-corrected chi connectivity index (χ0v) is 19.2. The average molecular weight is 403 g/mol. The number of benzene rings is 2. The lowest BCUT2D eigenvalue weighted by Crippen LogP contribution is -2.19. The van der Waals surface area contributed by atoms with Gasteiger partial charge in [-0.1, -0.05) is 56.3 Å². The summed E-state index contributed by atoms with van der Waals surface area (Å²) in [6, 6.07) is 17.3. The van der Waals surface area contributed by atoms with Gasteiger partial charge < -0.3 is 4.74 Å². The molecule has 0 aliphatic rings. The lowest BCUT2D eigenvalue weighted by atomic mass is 9.94. The van der Waals surface area contributed by atoms with Crippen LogP contribution in [0.1, 0.15) is 47.4 Å². The number of aryl methyl sites for hydroxylation is 4. The van der Waals surface area contributed by atoms with Crippen molar-refractivity contribution < 1.29 is 4.74 Å². The van der Waals surface area contributed by atoms with E-state index < -0.39 is 0 Å². The first kappa shape index (κ1) is 22.0. The first-order chi connectivity index (χ1) is 14.5. The highest BCUT2D eigenvalue weighted by Gasteiger charge is 2.17. The molecular formula is C27H34N2O. The number of nitrogens with zero attached hydrogens (tertiary/aromatic N) is 2. The van der Waals surface area contributed by atoms with Crippen LogP contribution < -0.4 is 4.74 Å². The molecule has 3 aromatic rings. The van der Waals surface area contributed by atoms with Crippen LogP contribution >= 0.6 is 0 Å². The Morgan fingerprint density at radius 2 is 1.50 bits per heavy atom. The van der Waals surface area contributed by atoms with Crippen LogP contribution in [0.25, 0.3) is 11.3 Å². The van der Waals surface area contributed by atoms with Crippen LogP contribution in [0.4, 0.5) is 0 Å². The van der Waals surface area contributed by atoms with Gasteiger partial charge in [-0.2, -0.15) is 0 Å². The zero-order chi connectivity index (χ0) is 21.7. The Hall–Kier alpha value is -2.65. The van der Waals surface area contributed by atoms with Gasteiger partial charge in [0.1, 0.15) is 5.75 Å². The Bertz CT molecular complexity index is 987. The Morgan fingerprint density at radius 3 is 2.10 bits per heavy atom. The van der Waals surface area contributed by atoms with E-state index in [1.165, 1.54) is 27.8 Å². The van der Waals surface area contributed by atoms with E-state index in [4.69, 9.17) is 9.72 Å². The van der Waals surface area contributed by atoms with Crippen LogP contribution in [0, 0.1) is 13.8 Å². The van der Waals surface area contributed by atoms with Crippen molar-refractivity contribution >= 4 is 0 Å². The summed E-state index contributed by atoms with van der Waals surface area (Å²) >= 11 is 0. The van der Waals surface area contributed by atoms with Gasteiger partial charge in [0, 0.05) is 36.0 Å². The van der Waals surface area contributed by atoms with Crippen LogP contribution in [0.5, 0.6) is 5.75 Å². The molecule has 0 N–H and O–H groups in total. The molecule has 0 bridgehead atoms. The summed E-state index contributed by atoms with van der Waals surface area (Å²) in [6.45, 7) is 10.4. The van der Waals surface area contributed by atoms with Crippen molar-refractivity contribution in [2.45, 2.75) is 53.6 Å². The Labute approximate surface area is 181 Å². The summed E-state index contributed by atoms with van der Waals surface area (Å²) < 4.78 is 5.84. The van der Waals surface area contributed by atoms with Gasteiger partial charge in [-0.25, -0.2) is 0 Å². The number of aromatic nitrogens is 1. The van der Waals surface area contributed by atoms with Gasteiger partial charge in [-0.05, 0) is 56.0 Å². The van der Waals surface area contributed by atoms with Crippen molar-refractivity contribution in [2.75, 3.05) is 14.2 Å². The molecule has 0 amide bonds. The third-order valence-corrected chi connectivity index (χ3v) is 5.89. The summed E-state index contributed by atoms with van der Waals surface area (Å²) in [7, 11) is 3.91. The zero-order valence-electron chi connectivity index (χ0n) is 19.2. The third kappa shape index (κ3) is 4.73. The summed E-state index contributed by atoms with van der Waals surface area (Å²) in [5.41, 5.74) is 9.84. The highest BCUT2D eigenvalue weighted by atomic mass is 16.5. The van der Waals surface area contributed by atoms with Crippen LogP contribution in [-0.4, -0.2) is 24.0 Å². The largest absolute Gasteiger partial charge is 0.496 e. The van der Waals surface area contributed by atoms with Crippen LogP contribution in [0.15, 0.2) is 48.5 Å². The van der Waals surface area contributed by atoms with E-state index in [1.807, 2.05) is 0 Å². The Kier molecular flexibility index (Phi) is 7.28. The normalized spacial score (nSPS) is 11.2. The predicted octanol–water partition coefficient (Wildman–Crippen LogP) is 6.13. The molecule has 3 heteroatoms. The molecule has 158 valence electrons. The average Bonchev–Trinajstić information content (AvgIpc) is 2.75. The maximum Gasteiger partial charge on any atom is 0.127 e. The van der Waals surface area contributed by atoms with Gasteiger partial charge in [-0.15, -0.1) is 0 Å². The van der Waals surface area contributed by atoms with Crippen molar-refractivity contribution in [2.24, 2.45) is 0 Å². The fraction of sp³-hybridized carbons (Fsp3) is 0.370. The maximum atomic E-state index is 5.84. The molecule has 0 unspecified atom stereocenters. The fourth-order valence-corrected chi connectivity index (χ4v) is 4.15. The monoisotopic (exact) mass is 402 g/mol. The second kappa shape index (κ2) is 9.90. The van der Waals surface area contributed by atoms with Crippen molar-refractivity contribution in [3.63, 3.8) is 0 Å². The van der Waals surface area contributed by atoms with Gasteiger partial charge in [0.25, 0.3) is 0 Å². The summed E-state index contributed by atoms with van der Waals surface area (Å²) in [5, 5.41) is 0. The quantitative estimate of drug-likeness (QED) is 0.453. The van der Waals surface area contributed by atoms with Crippen molar-refractivity contribution in [1.82, 2.24) is 9.88 Å². The molecule has 0 aliphatic carbocycles. The van der Waals surface area contributed by atoms with Crippen LogP contribution in [0.3, 0.4) is 0 Å². The number of hydrogen-bond acceptors (Lipinski definition) is 3. The summed E-state index contributed by atoms with van der Waals surface area (Å²) in [6.07, 6.45) is 1.99. The highest BCUT2D eigenvalue weighted by molar-refractivity contribution is 5.70. The predicted molar refractivity (Wildman–Crippen MR) is 126 cm³/mol. The molecular weight excluding hydrogens is 368 g/mol. The number of ether oxygens (including phenoxy) is 1. The standard InChI is InChI=1S/C27H34N2O/c1-7-21-14-11-15-22(8-2)27(21)25-16-26(30-6)24(20(4)28-25)18-29(5)17-23-13-10-9-12-19(23)3/h9-16H,7-8,17-18H2,1-6H3. The molecule has 0 saturated carbocycles. The summed E-state index contributed by atoms with van der Waals surface area (Å²) in [4.78, 5) is 7.37. The van der Waals surface area contributed by atoms with E-state index in [1.54, 1.807) is 7.11 Å². The number of hydrogen-bond donors (Lipinski definition) is 0. The molecule has 30 heavy (non-hydrogen) atoms. The smallest absolute Gasteiger partial charge is 0.127 e.